The Labute approximate surface area is 162 Å². The lowest BCUT2D eigenvalue weighted by atomic mass is 9.88. The smallest absolute Gasteiger partial charge is 0.194 e. The first-order chi connectivity index (χ1) is 13.7. The predicted molar refractivity (Wildman–Crippen MR) is 110 cm³/mol. The first kappa shape index (κ1) is 16.3. The van der Waals surface area contributed by atoms with E-state index in [9.17, 15) is 10.1 Å². The molecule has 0 aromatic heterocycles. The first-order valence-electron chi connectivity index (χ1n) is 9.00. The topological polar surface area (TPSA) is 50.1 Å². The average Bonchev–Trinajstić information content (AvgIpc) is 3.04. The number of ether oxygens (including phenoxy) is 1. The molecular weight excluding hydrogens is 346 g/mol. The van der Waals surface area contributed by atoms with E-state index in [1.807, 2.05) is 66.7 Å². The fourth-order valence-corrected chi connectivity index (χ4v) is 4.03. The Kier molecular flexibility index (Phi) is 3.53. The van der Waals surface area contributed by atoms with Gasteiger partial charge < -0.3 is 4.74 Å². The number of carbonyl (C=O) groups excluding carboxylic acids is 1. The van der Waals surface area contributed by atoms with Crippen molar-refractivity contribution in [2.24, 2.45) is 0 Å². The minimum Gasteiger partial charge on any atom is -0.497 e. The van der Waals surface area contributed by atoms with Crippen LogP contribution in [-0.2, 0) is 0 Å². The van der Waals surface area contributed by atoms with E-state index in [0.29, 0.717) is 11.1 Å². The molecule has 132 valence electrons. The Balaban J connectivity index is 1.94. The molecule has 0 saturated heterocycles. The van der Waals surface area contributed by atoms with Crippen molar-refractivity contribution >= 4 is 16.6 Å². The van der Waals surface area contributed by atoms with Crippen molar-refractivity contribution < 1.29 is 9.53 Å². The molecule has 0 spiro atoms. The summed E-state index contributed by atoms with van der Waals surface area (Å²) in [7, 11) is 1.64. The average molecular weight is 361 g/mol. The number of methoxy groups -OCH3 is 1. The normalized spacial score (nSPS) is 11.8. The molecular formula is C25H15NO2. The molecule has 4 aromatic carbocycles. The summed E-state index contributed by atoms with van der Waals surface area (Å²) in [6, 6.07) is 25.3. The van der Waals surface area contributed by atoms with Crippen molar-refractivity contribution in [3.05, 3.63) is 89.5 Å². The van der Waals surface area contributed by atoms with Gasteiger partial charge in [0.1, 0.15) is 5.75 Å². The van der Waals surface area contributed by atoms with Gasteiger partial charge in [-0.25, -0.2) is 0 Å². The summed E-state index contributed by atoms with van der Waals surface area (Å²) in [5.74, 6) is 0.821. The zero-order valence-corrected chi connectivity index (χ0v) is 15.2. The van der Waals surface area contributed by atoms with E-state index in [4.69, 9.17) is 4.74 Å². The van der Waals surface area contributed by atoms with Crippen LogP contribution < -0.4 is 4.74 Å². The molecule has 0 amide bonds. The maximum absolute atomic E-state index is 13.1. The molecule has 0 atom stereocenters. The lowest BCUT2D eigenvalue weighted by Gasteiger charge is -2.14. The molecule has 0 fully saturated rings. The molecule has 4 aromatic rings. The van der Waals surface area contributed by atoms with Gasteiger partial charge in [0, 0.05) is 16.7 Å². The third-order valence-corrected chi connectivity index (χ3v) is 5.34. The second kappa shape index (κ2) is 6.07. The third kappa shape index (κ3) is 2.25. The van der Waals surface area contributed by atoms with Gasteiger partial charge in [-0.3, -0.25) is 4.79 Å². The first-order valence-corrected chi connectivity index (χ1v) is 9.00. The summed E-state index contributed by atoms with van der Waals surface area (Å²) < 4.78 is 5.30. The Bertz CT molecular complexity index is 1310. The van der Waals surface area contributed by atoms with Crippen LogP contribution in [-0.4, -0.2) is 12.9 Å². The summed E-state index contributed by atoms with van der Waals surface area (Å²) in [5.41, 5.74) is 5.88. The Morgan fingerprint density at radius 2 is 1.57 bits per heavy atom. The molecule has 0 aliphatic heterocycles. The summed E-state index contributed by atoms with van der Waals surface area (Å²) in [6.07, 6.45) is 0. The van der Waals surface area contributed by atoms with Crippen LogP contribution in [0.3, 0.4) is 0 Å². The Morgan fingerprint density at radius 1 is 0.821 bits per heavy atom. The van der Waals surface area contributed by atoms with Gasteiger partial charge in [-0.1, -0.05) is 42.5 Å². The monoisotopic (exact) mass is 361 g/mol. The number of nitriles is 1. The van der Waals surface area contributed by atoms with E-state index >= 15 is 0 Å². The highest BCUT2D eigenvalue weighted by atomic mass is 16.5. The van der Waals surface area contributed by atoms with Crippen LogP contribution in [0, 0.1) is 11.3 Å². The molecule has 1 aliphatic rings. The summed E-state index contributed by atoms with van der Waals surface area (Å²) in [6.45, 7) is 0. The van der Waals surface area contributed by atoms with Gasteiger partial charge in [0.05, 0.1) is 18.7 Å². The number of nitrogens with zero attached hydrogens (tertiary/aromatic N) is 1. The number of hydrogen-bond acceptors (Lipinski definition) is 3. The van der Waals surface area contributed by atoms with E-state index in [1.165, 1.54) is 0 Å². The number of fused-ring (bicyclic) bond motifs is 4. The summed E-state index contributed by atoms with van der Waals surface area (Å²) >= 11 is 0. The number of benzene rings is 4. The van der Waals surface area contributed by atoms with Crippen LogP contribution in [0.1, 0.15) is 21.5 Å². The lowest BCUT2D eigenvalue weighted by Crippen LogP contribution is -1.96. The second-order valence-electron chi connectivity index (χ2n) is 6.83. The number of ketones is 1. The van der Waals surface area contributed by atoms with Gasteiger partial charge >= 0.3 is 0 Å². The minimum absolute atomic E-state index is 0.0478. The lowest BCUT2D eigenvalue weighted by molar-refractivity contribution is 0.104. The Hall–Kier alpha value is -3.90. The fraction of sp³-hybridized carbons (Fsp3) is 0.0400. The largest absolute Gasteiger partial charge is 0.497 e. The van der Waals surface area contributed by atoms with Gasteiger partial charge in [0.25, 0.3) is 0 Å². The summed E-state index contributed by atoms with van der Waals surface area (Å²) in [5, 5.41) is 11.3. The highest BCUT2D eigenvalue weighted by Gasteiger charge is 2.30. The fourth-order valence-electron chi connectivity index (χ4n) is 4.03. The number of carbonyl (C=O) groups is 1. The van der Waals surface area contributed by atoms with Gasteiger partial charge in [-0.05, 0) is 57.8 Å². The quantitative estimate of drug-likeness (QED) is 0.411. The maximum atomic E-state index is 13.1. The number of rotatable bonds is 2. The molecule has 5 rings (SSSR count). The molecule has 0 radical (unpaired) electrons. The van der Waals surface area contributed by atoms with Crippen molar-refractivity contribution in [3.8, 4) is 34.1 Å². The van der Waals surface area contributed by atoms with Crippen LogP contribution >= 0.6 is 0 Å². The van der Waals surface area contributed by atoms with E-state index in [0.717, 1.165) is 44.3 Å². The van der Waals surface area contributed by atoms with Gasteiger partial charge in [0.15, 0.2) is 5.78 Å². The SMILES string of the molecule is COc1ccc(-c2c3c(cc4ccc(C#N)cc24)C(=O)c2ccccc2-3)cc1. The van der Waals surface area contributed by atoms with Crippen LogP contribution in [0.25, 0.3) is 33.0 Å². The van der Waals surface area contributed by atoms with Crippen LogP contribution in [0.5, 0.6) is 5.75 Å². The molecule has 0 saturated carbocycles. The van der Waals surface area contributed by atoms with Crippen molar-refractivity contribution in [1.29, 1.82) is 5.26 Å². The zero-order valence-electron chi connectivity index (χ0n) is 15.2. The third-order valence-electron chi connectivity index (χ3n) is 5.34. The van der Waals surface area contributed by atoms with Crippen LogP contribution in [0.15, 0.2) is 72.8 Å². The number of hydrogen-bond donors (Lipinski definition) is 0. The van der Waals surface area contributed by atoms with Crippen molar-refractivity contribution in [2.75, 3.05) is 7.11 Å². The molecule has 0 unspecified atom stereocenters. The molecule has 0 N–H and O–H groups in total. The molecule has 0 bridgehead atoms. The highest BCUT2D eigenvalue weighted by Crippen LogP contribution is 2.46. The van der Waals surface area contributed by atoms with Gasteiger partial charge in [-0.15, -0.1) is 0 Å². The Morgan fingerprint density at radius 3 is 2.29 bits per heavy atom. The van der Waals surface area contributed by atoms with E-state index in [-0.39, 0.29) is 5.78 Å². The molecule has 3 nitrogen and oxygen atoms in total. The van der Waals surface area contributed by atoms with E-state index < -0.39 is 0 Å². The summed E-state index contributed by atoms with van der Waals surface area (Å²) in [4.78, 5) is 13.1. The van der Waals surface area contributed by atoms with E-state index in [2.05, 4.69) is 6.07 Å². The zero-order chi connectivity index (χ0) is 19.3. The highest BCUT2D eigenvalue weighted by molar-refractivity contribution is 6.27. The molecule has 28 heavy (non-hydrogen) atoms. The van der Waals surface area contributed by atoms with Crippen molar-refractivity contribution in [3.63, 3.8) is 0 Å². The van der Waals surface area contributed by atoms with Crippen LogP contribution in [0.2, 0.25) is 0 Å². The van der Waals surface area contributed by atoms with E-state index in [1.54, 1.807) is 13.2 Å². The van der Waals surface area contributed by atoms with Gasteiger partial charge in [-0.2, -0.15) is 5.26 Å². The van der Waals surface area contributed by atoms with Crippen molar-refractivity contribution in [2.45, 2.75) is 0 Å². The standard InChI is InChI=1S/C25H15NO2/c1-28-18-10-8-16(9-11-18)23-21-12-15(14-26)6-7-17(21)13-22-24(23)19-4-2-3-5-20(19)25(22)27/h2-13H,1H3. The maximum Gasteiger partial charge on any atom is 0.194 e. The minimum atomic E-state index is 0.0478. The van der Waals surface area contributed by atoms with Gasteiger partial charge in [0.2, 0.25) is 0 Å². The van der Waals surface area contributed by atoms with Crippen molar-refractivity contribution in [1.82, 2.24) is 0 Å². The molecule has 0 heterocycles. The second-order valence-corrected chi connectivity index (χ2v) is 6.83. The molecule has 3 heteroatoms. The predicted octanol–water partition coefficient (Wildman–Crippen LogP) is 5.60. The van der Waals surface area contributed by atoms with Crippen LogP contribution in [0.4, 0.5) is 0 Å². The molecule has 1 aliphatic carbocycles.